The second-order valence-electron chi connectivity index (χ2n) is 9.27. The number of rotatable bonds is 4. The number of hydrogen-bond acceptors (Lipinski definition) is 2. The first-order valence-electron chi connectivity index (χ1n) is 11.1. The van der Waals surface area contributed by atoms with Crippen LogP contribution in [-0.2, 0) is 4.79 Å². The van der Waals surface area contributed by atoms with Gasteiger partial charge < -0.3 is 5.32 Å². The maximum atomic E-state index is 13.9. The van der Waals surface area contributed by atoms with E-state index in [4.69, 9.17) is 11.6 Å². The standard InChI is InChI=1S/C26H26ClFN2O/c1-15(26(31)30-22-5-2-20(27)3-6-22)16-10-17-12-19(13-18(17)11-16)23-8-9-29-25-7-4-21(28)14-24(23)25/h2-9,14-19H,10-13H2,1H3,(H,30,31)/t15?,16-,17-,18+,19+. The first-order chi connectivity index (χ1) is 15.0. The van der Waals surface area contributed by atoms with Crippen molar-refractivity contribution in [3.8, 4) is 0 Å². The van der Waals surface area contributed by atoms with Crippen molar-refractivity contribution in [3.05, 3.63) is 71.1 Å². The summed E-state index contributed by atoms with van der Waals surface area (Å²) in [5.74, 6) is 1.99. The molecule has 5 heteroatoms. The maximum absolute atomic E-state index is 13.9. The second-order valence-corrected chi connectivity index (χ2v) is 9.70. The Bertz CT molecular complexity index is 1100. The van der Waals surface area contributed by atoms with Crippen LogP contribution in [0.5, 0.6) is 0 Å². The smallest absolute Gasteiger partial charge is 0.227 e. The summed E-state index contributed by atoms with van der Waals surface area (Å²) in [7, 11) is 0. The van der Waals surface area contributed by atoms with E-state index in [0.717, 1.165) is 42.3 Å². The maximum Gasteiger partial charge on any atom is 0.227 e. The monoisotopic (exact) mass is 436 g/mol. The van der Waals surface area contributed by atoms with Crippen LogP contribution < -0.4 is 5.32 Å². The Kier molecular flexibility index (Phi) is 5.43. The molecule has 0 saturated heterocycles. The summed E-state index contributed by atoms with van der Waals surface area (Å²) in [6, 6.07) is 14.2. The van der Waals surface area contributed by atoms with Crippen molar-refractivity contribution in [1.82, 2.24) is 4.98 Å². The number of fused-ring (bicyclic) bond motifs is 2. The minimum absolute atomic E-state index is 0.0180. The topological polar surface area (TPSA) is 42.0 Å². The second kappa shape index (κ2) is 8.23. The van der Waals surface area contributed by atoms with E-state index in [1.54, 1.807) is 24.3 Å². The highest BCUT2D eigenvalue weighted by Crippen LogP contribution is 2.54. The highest BCUT2D eigenvalue weighted by Gasteiger charge is 2.44. The number of aromatic nitrogens is 1. The van der Waals surface area contributed by atoms with Crippen molar-refractivity contribution in [1.29, 1.82) is 0 Å². The lowest BCUT2D eigenvalue weighted by Gasteiger charge is -2.21. The van der Waals surface area contributed by atoms with Gasteiger partial charge in [0.2, 0.25) is 5.91 Å². The molecule has 2 aliphatic carbocycles. The molecule has 2 aromatic carbocycles. The third-order valence-electron chi connectivity index (χ3n) is 7.46. The fourth-order valence-electron chi connectivity index (χ4n) is 5.82. The van der Waals surface area contributed by atoms with Gasteiger partial charge in [-0.15, -0.1) is 0 Å². The van der Waals surface area contributed by atoms with Gasteiger partial charge in [-0.05, 0) is 103 Å². The highest BCUT2D eigenvalue weighted by molar-refractivity contribution is 6.30. The zero-order chi connectivity index (χ0) is 21.5. The van der Waals surface area contributed by atoms with Crippen LogP contribution in [0.2, 0.25) is 5.02 Å². The minimum Gasteiger partial charge on any atom is -0.326 e. The summed E-state index contributed by atoms with van der Waals surface area (Å²) in [5.41, 5.74) is 2.88. The molecule has 2 saturated carbocycles. The van der Waals surface area contributed by atoms with Crippen molar-refractivity contribution in [2.24, 2.45) is 23.7 Å². The number of carbonyl (C=O) groups excluding carboxylic acids is 1. The predicted octanol–water partition coefficient (Wildman–Crippen LogP) is 6.82. The fraction of sp³-hybridized carbons (Fsp3) is 0.385. The molecule has 1 N–H and O–H groups in total. The van der Waals surface area contributed by atoms with Crippen LogP contribution in [0.4, 0.5) is 10.1 Å². The molecule has 0 radical (unpaired) electrons. The SMILES string of the molecule is CC(C(=O)Nc1ccc(Cl)cc1)[C@H]1C[C@H]2C[C@@H](c3ccnc4ccc(F)cc34)C[C@H]2C1. The Labute approximate surface area is 187 Å². The summed E-state index contributed by atoms with van der Waals surface area (Å²) in [6.07, 6.45) is 6.25. The van der Waals surface area contributed by atoms with Crippen molar-refractivity contribution in [2.75, 3.05) is 5.32 Å². The van der Waals surface area contributed by atoms with Crippen LogP contribution in [0.15, 0.2) is 54.7 Å². The van der Waals surface area contributed by atoms with Crippen molar-refractivity contribution in [3.63, 3.8) is 0 Å². The molecule has 2 aliphatic rings. The molecule has 31 heavy (non-hydrogen) atoms. The Morgan fingerprint density at radius 3 is 2.48 bits per heavy atom. The summed E-state index contributed by atoms with van der Waals surface area (Å²) in [6.45, 7) is 2.05. The number of halogens is 2. The van der Waals surface area contributed by atoms with E-state index in [1.807, 2.05) is 25.3 Å². The molecule has 1 unspecified atom stereocenters. The number of pyridine rings is 1. The number of nitrogens with zero attached hydrogens (tertiary/aromatic N) is 1. The number of benzene rings is 2. The Morgan fingerprint density at radius 2 is 1.77 bits per heavy atom. The van der Waals surface area contributed by atoms with Gasteiger partial charge in [-0.1, -0.05) is 18.5 Å². The first kappa shape index (κ1) is 20.4. The molecule has 0 bridgehead atoms. The lowest BCUT2D eigenvalue weighted by Crippen LogP contribution is -2.26. The van der Waals surface area contributed by atoms with Gasteiger partial charge in [0, 0.05) is 28.2 Å². The normalized spacial score (nSPS) is 26.0. The predicted molar refractivity (Wildman–Crippen MR) is 123 cm³/mol. The molecule has 3 aromatic rings. The zero-order valence-corrected chi connectivity index (χ0v) is 18.3. The summed E-state index contributed by atoms with van der Waals surface area (Å²) >= 11 is 5.93. The first-order valence-corrected chi connectivity index (χ1v) is 11.5. The number of amides is 1. The summed E-state index contributed by atoms with van der Waals surface area (Å²) in [5, 5.41) is 4.64. The van der Waals surface area contributed by atoms with E-state index in [0.29, 0.717) is 28.7 Å². The van der Waals surface area contributed by atoms with E-state index in [2.05, 4.69) is 16.4 Å². The Morgan fingerprint density at radius 1 is 1.06 bits per heavy atom. The van der Waals surface area contributed by atoms with E-state index in [1.165, 1.54) is 11.6 Å². The molecule has 5 atom stereocenters. The Balaban J connectivity index is 1.24. The van der Waals surface area contributed by atoms with Gasteiger partial charge in [-0.25, -0.2) is 4.39 Å². The van der Waals surface area contributed by atoms with Crippen LogP contribution in [0.3, 0.4) is 0 Å². The van der Waals surface area contributed by atoms with Crippen LogP contribution in [0.25, 0.3) is 10.9 Å². The third-order valence-corrected chi connectivity index (χ3v) is 7.71. The summed E-state index contributed by atoms with van der Waals surface area (Å²) in [4.78, 5) is 17.2. The van der Waals surface area contributed by atoms with Crippen LogP contribution >= 0.6 is 11.6 Å². The molecule has 1 heterocycles. The quantitative estimate of drug-likeness (QED) is 0.487. The van der Waals surface area contributed by atoms with Crippen LogP contribution in [-0.4, -0.2) is 10.9 Å². The lowest BCUT2D eigenvalue weighted by molar-refractivity contribution is -0.120. The van der Waals surface area contributed by atoms with Crippen LogP contribution in [0.1, 0.15) is 44.1 Å². The average molecular weight is 437 g/mol. The van der Waals surface area contributed by atoms with Crippen molar-refractivity contribution < 1.29 is 9.18 Å². The number of carbonyl (C=O) groups is 1. The van der Waals surface area contributed by atoms with E-state index >= 15 is 0 Å². The van der Waals surface area contributed by atoms with Gasteiger partial charge in [-0.3, -0.25) is 9.78 Å². The van der Waals surface area contributed by atoms with E-state index in [9.17, 15) is 9.18 Å². The van der Waals surface area contributed by atoms with Gasteiger partial charge in [0.05, 0.1) is 5.52 Å². The molecule has 2 fully saturated rings. The largest absolute Gasteiger partial charge is 0.326 e. The number of nitrogens with one attached hydrogen (secondary N) is 1. The molecule has 160 valence electrons. The molecule has 3 nitrogen and oxygen atoms in total. The molecule has 0 aliphatic heterocycles. The molecule has 1 amide bonds. The van der Waals surface area contributed by atoms with Gasteiger partial charge in [0.1, 0.15) is 5.82 Å². The molecule has 0 spiro atoms. The number of anilines is 1. The third kappa shape index (κ3) is 4.06. The van der Waals surface area contributed by atoms with Crippen LogP contribution in [0, 0.1) is 29.5 Å². The Hall–Kier alpha value is -2.46. The highest BCUT2D eigenvalue weighted by atomic mass is 35.5. The fourth-order valence-corrected chi connectivity index (χ4v) is 5.95. The molecular weight excluding hydrogens is 411 g/mol. The lowest BCUT2D eigenvalue weighted by atomic mass is 9.86. The zero-order valence-electron chi connectivity index (χ0n) is 17.5. The molecule has 5 rings (SSSR count). The van der Waals surface area contributed by atoms with Gasteiger partial charge in [0.25, 0.3) is 0 Å². The van der Waals surface area contributed by atoms with Gasteiger partial charge >= 0.3 is 0 Å². The van der Waals surface area contributed by atoms with Gasteiger partial charge in [0.15, 0.2) is 0 Å². The average Bonchev–Trinajstić information content (AvgIpc) is 3.33. The van der Waals surface area contributed by atoms with Crippen molar-refractivity contribution in [2.45, 2.75) is 38.5 Å². The molecule has 1 aromatic heterocycles. The van der Waals surface area contributed by atoms with E-state index < -0.39 is 0 Å². The van der Waals surface area contributed by atoms with E-state index in [-0.39, 0.29) is 17.6 Å². The minimum atomic E-state index is -0.208. The summed E-state index contributed by atoms with van der Waals surface area (Å²) < 4.78 is 13.9. The molecular formula is C26H26ClFN2O. The van der Waals surface area contributed by atoms with Crippen molar-refractivity contribution >= 4 is 34.1 Å². The van der Waals surface area contributed by atoms with Gasteiger partial charge in [-0.2, -0.15) is 0 Å². The number of hydrogen-bond donors (Lipinski definition) is 1.